The van der Waals surface area contributed by atoms with Crippen molar-refractivity contribution in [3.05, 3.63) is 18.2 Å². The lowest BCUT2D eigenvalue weighted by Crippen LogP contribution is -2.21. The van der Waals surface area contributed by atoms with Crippen LogP contribution in [0.15, 0.2) is 18.2 Å². The molecule has 0 unspecified atom stereocenters. The smallest absolute Gasteiger partial charge is 0.130 e. The summed E-state index contributed by atoms with van der Waals surface area (Å²) in [5.41, 5.74) is 5.61. The SMILES string of the molecule is CC(C)CCN(C)c1cccc(N)n1. The molecule has 3 nitrogen and oxygen atoms in total. The van der Waals surface area contributed by atoms with Gasteiger partial charge in [0.05, 0.1) is 0 Å². The minimum Gasteiger partial charge on any atom is -0.384 e. The van der Waals surface area contributed by atoms with Gasteiger partial charge in [-0.3, -0.25) is 0 Å². The number of aromatic nitrogens is 1. The van der Waals surface area contributed by atoms with E-state index in [-0.39, 0.29) is 0 Å². The van der Waals surface area contributed by atoms with Crippen LogP contribution in [0.25, 0.3) is 0 Å². The van der Waals surface area contributed by atoms with E-state index in [0.29, 0.717) is 5.82 Å². The van der Waals surface area contributed by atoms with Crippen LogP contribution in [-0.4, -0.2) is 18.6 Å². The zero-order chi connectivity index (χ0) is 10.6. The van der Waals surface area contributed by atoms with Crippen LogP contribution in [0.5, 0.6) is 0 Å². The van der Waals surface area contributed by atoms with Gasteiger partial charge in [0.1, 0.15) is 11.6 Å². The zero-order valence-corrected chi connectivity index (χ0v) is 9.20. The van der Waals surface area contributed by atoms with E-state index in [2.05, 4.69) is 23.7 Å². The topological polar surface area (TPSA) is 42.1 Å². The van der Waals surface area contributed by atoms with E-state index in [1.807, 2.05) is 19.2 Å². The minimum absolute atomic E-state index is 0.582. The molecular weight excluding hydrogens is 174 g/mol. The van der Waals surface area contributed by atoms with Crippen LogP contribution >= 0.6 is 0 Å². The van der Waals surface area contributed by atoms with Crippen LogP contribution in [-0.2, 0) is 0 Å². The molecule has 78 valence electrons. The first-order valence-corrected chi connectivity index (χ1v) is 5.03. The molecule has 0 aliphatic carbocycles. The number of nitrogen functional groups attached to an aromatic ring is 1. The van der Waals surface area contributed by atoms with Crippen molar-refractivity contribution in [2.24, 2.45) is 5.92 Å². The van der Waals surface area contributed by atoms with Crippen LogP contribution in [0.3, 0.4) is 0 Å². The molecule has 14 heavy (non-hydrogen) atoms. The highest BCUT2D eigenvalue weighted by Crippen LogP contribution is 2.12. The third kappa shape index (κ3) is 3.24. The summed E-state index contributed by atoms with van der Waals surface area (Å²) in [6.45, 7) is 5.47. The second-order valence-electron chi connectivity index (χ2n) is 4.02. The zero-order valence-electron chi connectivity index (χ0n) is 9.20. The fraction of sp³-hybridized carbons (Fsp3) is 0.545. The molecule has 1 aromatic rings. The molecular formula is C11H19N3. The van der Waals surface area contributed by atoms with Crippen molar-refractivity contribution >= 4 is 11.6 Å². The van der Waals surface area contributed by atoms with Crippen LogP contribution < -0.4 is 10.6 Å². The van der Waals surface area contributed by atoms with Gasteiger partial charge in [-0.2, -0.15) is 0 Å². The molecule has 0 spiro atoms. The second-order valence-corrected chi connectivity index (χ2v) is 4.02. The Hall–Kier alpha value is -1.25. The van der Waals surface area contributed by atoms with Gasteiger partial charge in [0, 0.05) is 13.6 Å². The Morgan fingerprint density at radius 3 is 2.71 bits per heavy atom. The molecule has 0 atom stereocenters. The molecule has 3 heteroatoms. The highest BCUT2D eigenvalue weighted by Gasteiger charge is 2.03. The maximum atomic E-state index is 5.61. The van der Waals surface area contributed by atoms with Gasteiger partial charge in [-0.05, 0) is 24.5 Å². The Bertz CT molecular complexity index is 284. The average Bonchev–Trinajstić information content (AvgIpc) is 2.14. The quantitative estimate of drug-likeness (QED) is 0.796. The van der Waals surface area contributed by atoms with E-state index in [4.69, 9.17) is 5.73 Å². The van der Waals surface area contributed by atoms with Crippen molar-refractivity contribution in [2.45, 2.75) is 20.3 Å². The van der Waals surface area contributed by atoms with Crippen molar-refractivity contribution in [3.63, 3.8) is 0 Å². The molecule has 0 radical (unpaired) electrons. The van der Waals surface area contributed by atoms with Gasteiger partial charge in [0.2, 0.25) is 0 Å². The summed E-state index contributed by atoms with van der Waals surface area (Å²) in [5, 5.41) is 0. The Morgan fingerprint density at radius 2 is 2.14 bits per heavy atom. The van der Waals surface area contributed by atoms with Gasteiger partial charge in [-0.25, -0.2) is 4.98 Å². The molecule has 0 amide bonds. The fourth-order valence-corrected chi connectivity index (χ4v) is 1.22. The molecule has 2 N–H and O–H groups in total. The van der Waals surface area contributed by atoms with E-state index in [0.717, 1.165) is 18.3 Å². The van der Waals surface area contributed by atoms with Gasteiger partial charge >= 0.3 is 0 Å². The van der Waals surface area contributed by atoms with Crippen LogP contribution in [0.2, 0.25) is 0 Å². The number of nitrogens with two attached hydrogens (primary N) is 1. The molecule has 0 fully saturated rings. The third-order valence-corrected chi connectivity index (χ3v) is 2.19. The molecule has 0 saturated carbocycles. The lowest BCUT2D eigenvalue weighted by atomic mass is 10.1. The number of hydrogen-bond donors (Lipinski definition) is 1. The van der Waals surface area contributed by atoms with Gasteiger partial charge in [-0.15, -0.1) is 0 Å². The number of pyridine rings is 1. The fourth-order valence-electron chi connectivity index (χ4n) is 1.22. The Kier molecular flexibility index (Phi) is 3.74. The monoisotopic (exact) mass is 193 g/mol. The van der Waals surface area contributed by atoms with Crippen molar-refractivity contribution in [2.75, 3.05) is 24.2 Å². The van der Waals surface area contributed by atoms with E-state index in [1.54, 1.807) is 6.07 Å². The largest absolute Gasteiger partial charge is 0.384 e. The third-order valence-electron chi connectivity index (χ3n) is 2.19. The second kappa shape index (κ2) is 4.84. The molecule has 0 aliphatic rings. The minimum atomic E-state index is 0.582. The van der Waals surface area contributed by atoms with Crippen molar-refractivity contribution in [1.82, 2.24) is 4.98 Å². The molecule has 1 aromatic heterocycles. The number of rotatable bonds is 4. The lowest BCUT2D eigenvalue weighted by molar-refractivity contribution is 0.584. The number of hydrogen-bond acceptors (Lipinski definition) is 3. The molecule has 0 bridgehead atoms. The van der Waals surface area contributed by atoms with E-state index in [9.17, 15) is 0 Å². The Balaban J connectivity index is 2.56. The van der Waals surface area contributed by atoms with Crippen molar-refractivity contribution in [1.29, 1.82) is 0 Å². The molecule has 0 aliphatic heterocycles. The van der Waals surface area contributed by atoms with E-state index < -0.39 is 0 Å². The molecule has 0 saturated heterocycles. The summed E-state index contributed by atoms with van der Waals surface area (Å²) in [5.74, 6) is 2.25. The summed E-state index contributed by atoms with van der Waals surface area (Å²) in [4.78, 5) is 6.39. The number of anilines is 2. The normalized spacial score (nSPS) is 10.6. The molecule has 1 rings (SSSR count). The van der Waals surface area contributed by atoms with Crippen molar-refractivity contribution in [3.8, 4) is 0 Å². The highest BCUT2D eigenvalue weighted by molar-refractivity contribution is 5.43. The predicted molar refractivity (Wildman–Crippen MR) is 61.4 cm³/mol. The lowest BCUT2D eigenvalue weighted by Gasteiger charge is -2.19. The average molecular weight is 193 g/mol. The maximum Gasteiger partial charge on any atom is 0.130 e. The first kappa shape index (κ1) is 10.8. The van der Waals surface area contributed by atoms with Crippen LogP contribution in [0.4, 0.5) is 11.6 Å². The Labute approximate surface area is 85.9 Å². The van der Waals surface area contributed by atoms with Gasteiger partial charge in [0.25, 0.3) is 0 Å². The summed E-state index contributed by atoms with van der Waals surface area (Å²) < 4.78 is 0. The summed E-state index contributed by atoms with van der Waals surface area (Å²) in [6, 6.07) is 5.72. The summed E-state index contributed by atoms with van der Waals surface area (Å²) in [7, 11) is 2.05. The van der Waals surface area contributed by atoms with Crippen LogP contribution in [0, 0.1) is 5.92 Å². The molecule has 1 heterocycles. The number of nitrogens with zero attached hydrogens (tertiary/aromatic N) is 2. The summed E-state index contributed by atoms with van der Waals surface area (Å²) in [6.07, 6.45) is 1.17. The van der Waals surface area contributed by atoms with E-state index in [1.165, 1.54) is 6.42 Å². The summed E-state index contributed by atoms with van der Waals surface area (Å²) >= 11 is 0. The Morgan fingerprint density at radius 1 is 1.43 bits per heavy atom. The van der Waals surface area contributed by atoms with Gasteiger partial charge < -0.3 is 10.6 Å². The first-order valence-electron chi connectivity index (χ1n) is 5.03. The maximum absolute atomic E-state index is 5.61. The van der Waals surface area contributed by atoms with Gasteiger partial charge in [0.15, 0.2) is 0 Å². The molecule has 0 aromatic carbocycles. The van der Waals surface area contributed by atoms with Crippen LogP contribution in [0.1, 0.15) is 20.3 Å². The van der Waals surface area contributed by atoms with E-state index >= 15 is 0 Å². The first-order chi connectivity index (χ1) is 6.59. The predicted octanol–water partition coefficient (Wildman–Crippen LogP) is 2.15. The van der Waals surface area contributed by atoms with Gasteiger partial charge in [-0.1, -0.05) is 19.9 Å². The standard InChI is InChI=1S/C11H19N3/c1-9(2)7-8-14(3)11-6-4-5-10(12)13-11/h4-6,9H,7-8H2,1-3H3,(H2,12,13). The van der Waals surface area contributed by atoms with Crippen molar-refractivity contribution < 1.29 is 0 Å². The highest BCUT2D eigenvalue weighted by atomic mass is 15.2.